The minimum absolute atomic E-state index is 0.126. The molecular formula is C15H28N2O4. The normalized spacial score (nSPS) is 26.0. The van der Waals surface area contributed by atoms with Crippen molar-refractivity contribution in [2.24, 2.45) is 5.73 Å². The van der Waals surface area contributed by atoms with Gasteiger partial charge in [0.2, 0.25) is 0 Å². The number of alkyl carbamates (subject to hydrolysis) is 1. The summed E-state index contributed by atoms with van der Waals surface area (Å²) in [6.07, 6.45) is 2.53. The van der Waals surface area contributed by atoms with Gasteiger partial charge in [0.15, 0.2) is 0 Å². The molecule has 21 heavy (non-hydrogen) atoms. The average Bonchev–Trinajstić information content (AvgIpc) is 2.30. The maximum Gasteiger partial charge on any atom is 0.408 e. The first-order valence-electron chi connectivity index (χ1n) is 7.58. The zero-order valence-corrected chi connectivity index (χ0v) is 13.5. The van der Waals surface area contributed by atoms with Crippen molar-refractivity contribution in [1.82, 2.24) is 5.32 Å². The number of nitrogens with one attached hydrogen (secondary N) is 1. The molecule has 0 radical (unpaired) electrons. The highest BCUT2D eigenvalue weighted by molar-refractivity contribution is 5.74. The van der Waals surface area contributed by atoms with E-state index in [1.807, 2.05) is 0 Å². The molecule has 0 spiro atoms. The quantitative estimate of drug-likeness (QED) is 0.776. The molecule has 3 N–H and O–H groups in total. The largest absolute Gasteiger partial charge is 0.466 e. The van der Waals surface area contributed by atoms with Gasteiger partial charge in [-0.3, -0.25) is 4.79 Å². The Labute approximate surface area is 126 Å². The summed E-state index contributed by atoms with van der Waals surface area (Å²) in [6.45, 7) is 7.52. The van der Waals surface area contributed by atoms with Gasteiger partial charge in [-0.15, -0.1) is 0 Å². The van der Waals surface area contributed by atoms with Crippen LogP contribution in [0.3, 0.4) is 0 Å². The van der Waals surface area contributed by atoms with Crippen LogP contribution >= 0.6 is 0 Å². The van der Waals surface area contributed by atoms with E-state index in [-0.39, 0.29) is 18.4 Å². The number of ether oxygens (including phenoxy) is 2. The third kappa shape index (κ3) is 6.33. The lowest BCUT2D eigenvalue weighted by Crippen LogP contribution is -2.54. The van der Waals surface area contributed by atoms with Gasteiger partial charge in [0.1, 0.15) is 5.60 Å². The van der Waals surface area contributed by atoms with Crippen LogP contribution in [0.2, 0.25) is 0 Å². The highest BCUT2D eigenvalue weighted by Gasteiger charge is 2.39. The van der Waals surface area contributed by atoms with E-state index in [1.54, 1.807) is 27.7 Å². The van der Waals surface area contributed by atoms with Gasteiger partial charge in [0, 0.05) is 6.04 Å². The summed E-state index contributed by atoms with van der Waals surface area (Å²) in [5.74, 6) is -0.302. The molecule has 0 aromatic heterocycles. The van der Waals surface area contributed by atoms with Crippen molar-refractivity contribution in [3.63, 3.8) is 0 Å². The molecule has 6 nitrogen and oxygen atoms in total. The van der Waals surface area contributed by atoms with E-state index >= 15 is 0 Å². The Morgan fingerprint density at radius 1 is 1.29 bits per heavy atom. The molecule has 0 saturated heterocycles. The summed E-state index contributed by atoms with van der Waals surface area (Å²) in [4.78, 5) is 23.9. The molecule has 1 amide bonds. The first kappa shape index (κ1) is 17.8. The molecule has 0 atom stereocenters. The number of hydrogen-bond acceptors (Lipinski definition) is 5. The topological polar surface area (TPSA) is 90.6 Å². The van der Waals surface area contributed by atoms with Crippen molar-refractivity contribution in [3.05, 3.63) is 0 Å². The zero-order chi connectivity index (χ0) is 16.1. The lowest BCUT2D eigenvalue weighted by atomic mass is 9.77. The first-order valence-corrected chi connectivity index (χ1v) is 7.58. The fourth-order valence-corrected chi connectivity index (χ4v) is 2.55. The standard InChI is InChI=1S/C15H28N2O4/c1-5-20-12(18)10-15(8-6-11(16)7-9-15)17-13(19)21-14(2,3)4/h11H,5-10,16H2,1-4H3,(H,17,19). The van der Waals surface area contributed by atoms with Crippen molar-refractivity contribution >= 4 is 12.1 Å². The Bertz CT molecular complexity index is 368. The fourth-order valence-electron chi connectivity index (χ4n) is 2.55. The molecule has 1 aliphatic carbocycles. The van der Waals surface area contributed by atoms with E-state index in [4.69, 9.17) is 15.2 Å². The second kappa shape index (κ2) is 7.11. The Hall–Kier alpha value is -1.30. The number of hydrogen-bond donors (Lipinski definition) is 2. The molecule has 0 aliphatic heterocycles. The van der Waals surface area contributed by atoms with Crippen LogP contribution in [0, 0.1) is 0 Å². The van der Waals surface area contributed by atoms with Gasteiger partial charge in [0.25, 0.3) is 0 Å². The van der Waals surface area contributed by atoms with E-state index in [0.29, 0.717) is 19.4 Å². The monoisotopic (exact) mass is 300 g/mol. The van der Waals surface area contributed by atoms with Crippen LogP contribution in [0.5, 0.6) is 0 Å². The molecule has 1 rings (SSSR count). The van der Waals surface area contributed by atoms with Crippen LogP contribution in [-0.4, -0.2) is 35.9 Å². The van der Waals surface area contributed by atoms with Gasteiger partial charge in [-0.1, -0.05) is 0 Å². The van der Waals surface area contributed by atoms with Crippen molar-refractivity contribution in [2.75, 3.05) is 6.61 Å². The Morgan fingerprint density at radius 2 is 1.86 bits per heavy atom. The lowest BCUT2D eigenvalue weighted by Gasteiger charge is -2.39. The predicted octanol–water partition coefficient (Wildman–Crippen LogP) is 2.10. The molecule has 6 heteroatoms. The number of amides is 1. The summed E-state index contributed by atoms with van der Waals surface area (Å²) in [6, 6.07) is 0.126. The van der Waals surface area contributed by atoms with Crippen molar-refractivity contribution in [1.29, 1.82) is 0 Å². The van der Waals surface area contributed by atoms with E-state index in [0.717, 1.165) is 12.8 Å². The second-order valence-corrected chi connectivity index (χ2v) is 6.73. The Morgan fingerprint density at radius 3 is 2.33 bits per heavy atom. The van der Waals surface area contributed by atoms with Gasteiger partial charge in [-0.2, -0.15) is 0 Å². The number of esters is 1. The molecule has 1 saturated carbocycles. The molecule has 1 aliphatic rings. The minimum atomic E-state index is -0.607. The van der Waals surface area contributed by atoms with Crippen LogP contribution in [0.25, 0.3) is 0 Å². The maximum atomic E-state index is 12.0. The van der Waals surface area contributed by atoms with E-state index in [9.17, 15) is 9.59 Å². The number of rotatable bonds is 4. The first-order chi connectivity index (χ1) is 9.66. The fraction of sp³-hybridized carbons (Fsp3) is 0.867. The molecule has 0 bridgehead atoms. The van der Waals surface area contributed by atoms with Crippen LogP contribution < -0.4 is 11.1 Å². The van der Waals surface area contributed by atoms with Crippen molar-refractivity contribution in [2.45, 2.75) is 77.0 Å². The molecule has 0 unspecified atom stereocenters. The number of carbonyl (C=O) groups excluding carboxylic acids is 2. The average molecular weight is 300 g/mol. The zero-order valence-electron chi connectivity index (χ0n) is 13.5. The van der Waals surface area contributed by atoms with Crippen LogP contribution in [-0.2, 0) is 14.3 Å². The van der Waals surface area contributed by atoms with E-state index < -0.39 is 17.2 Å². The lowest BCUT2D eigenvalue weighted by molar-refractivity contribution is -0.145. The van der Waals surface area contributed by atoms with E-state index in [2.05, 4.69) is 5.32 Å². The van der Waals surface area contributed by atoms with Gasteiger partial charge in [0.05, 0.1) is 18.6 Å². The summed E-state index contributed by atoms with van der Waals surface area (Å²) >= 11 is 0. The molecular weight excluding hydrogens is 272 g/mol. The molecule has 0 aromatic carbocycles. The summed E-state index contributed by atoms with van der Waals surface area (Å²) < 4.78 is 10.3. The highest BCUT2D eigenvalue weighted by atomic mass is 16.6. The summed E-state index contributed by atoms with van der Waals surface area (Å²) in [5, 5.41) is 2.88. The van der Waals surface area contributed by atoms with E-state index in [1.165, 1.54) is 0 Å². The Balaban J connectivity index is 2.72. The molecule has 0 heterocycles. The molecule has 1 fully saturated rings. The van der Waals surface area contributed by atoms with Gasteiger partial charge < -0.3 is 20.5 Å². The predicted molar refractivity (Wildman–Crippen MR) is 79.8 cm³/mol. The second-order valence-electron chi connectivity index (χ2n) is 6.73. The van der Waals surface area contributed by atoms with Crippen LogP contribution in [0.15, 0.2) is 0 Å². The van der Waals surface area contributed by atoms with Crippen molar-refractivity contribution < 1.29 is 19.1 Å². The Kier molecular flexibility index (Phi) is 6.01. The number of nitrogens with two attached hydrogens (primary N) is 1. The van der Waals surface area contributed by atoms with Crippen LogP contribution in [0.4, 0.5) is 4.79 Å². The van der Waals surface area contributed by atoms with Gasteiger partial charge >= 0.3 is 12.1 Å². The molecule has 0 aromatic rings. The smallest absolute Gasteiger partial charge is 0.408 e. The van der Waals surface area contributed by atoms with Crippen LogP contribution in [0.1, 0.15) is 59.8 Å². The summed E-state index contributed by atoms with van der Waals surface area (Å²) in [5.41, 5.74) is 4.74. The van der Waals surface area contributed by atoms with Crippen molar-refractivity contribution in [3.8, 4) is 0 Å². The SMILES string of the molecule is CCOC(=O)CC1(NC(=O)OC(C)(C)C)CCC(N)CC1. The third-order valence-corrected chi connectivity index (χ3v) is 3.54. The molecule has 122 valence electrons. The van der Waals surface area contributed by atoms with Gasteiger partial charge in [-0.05, 0) is 53.4 Å². The minimum Gasteiger partial charge on any atom is -0.466 e. The highest BCUT2D eigenvalue weighted by Crippen LogP contribution is 2.31. The van der Waals surface area contributed by atoms with Gasteiger partial charge in [-0.25, -0.2) is 4.79 Å². The number of carbonyl (C=O) groups is 2. The maximum absolute atomic E-state index is 12.0. The third-order valence-electron chi connectivity index (χ3n) is 3.54. The summed E-state index contributed by atoms with van der Waals surface area (Å²) in [7, 11) is 0.